The summed E-state index contributed by atoms with van der Waals surface area (Å²) in [6.45, 7) is 1.95. The van der Waals surface area contributed by atoms with Gasteiger partial charge in [-0.25, -0.2) is 9.18 Å². The third-order valence-corrected chi connectivity index (χ3v) is 4.91. The molecule has 9 heteroatoms. The van der Waals surface area contributed by atoms with E-state index in [1.165, 1.54) is 23.1 Å². The van der Waals surface area contributed by atoms with Gasteiger partial charge in [0.15, 0.2) is 0 Å². The zero-order chi connectivity index (χ0) is 18.8. The molecule has 0 aromatic heterocycles. The van der Waals surface area contributed by atoms with Gasteiger partial charge >= 0.3 is 5.97 Å². The van der Waals surface area contributed by atoms with Crippen molar-refractivity contribution in [3.05, 3.63) is 45.1 Å². The van der Waals surface area contributed by atoms with Crippen LogP contribution < -0.4 is 0 Å². The summed E-state index contributed by atoms with van der Waals surface area (Å²) in [6.07, 6.45) is 2.72. The Balaban J connectivity index is 1.99. The molecule has 1 aromatic rings. The Morgan fingerprint density at radius 1 is 1.50 bits per heavy atom. The third-order valence-electron chi connectivity index (χ3n) is 4.62. The molecule has 2 aliphatic heterocycles. The van der Waals surface area contributed by atoms with Crippen LogP contribution in [0, 0.1) is 5.82 Å². The first-order valence-electron chi connectivity index (χ1n) is 8.20. The van der Waals surface area contributed by atoms with Crippen molar-refractivity contribution in [2.24, 2.45) is 5.11 Å². The molecule has 1 aromatic carbocycles. The first-order chi connectivity index (χ1) is 12.5. The first-order valence-corrected chi connectivity index (χ1v) is 8.58. The zero-order valence-corrected chi connectivity index (χ0v) is 14.7. The van der Waals surface area contributed by atoms with Crippen LogP contribution in [-0.2, 0) is 14.3 Å². The van der Waals surface area contributed by atoms with Crippen molar-refractivity contribution < 1.29 is 18.7 Å². The van der Waals surface area contributed by atoms with Crippen molar-refractivity contribution >= 4 is 34.7 Å². The second-order valence-corrected chi connectivity index (χ2v) is 6.47. The van der Waals surface area contributed by atoms with Crippen LogP contribution in [0.5, 0.6) is 0 Å². The summed E-state index contributed by atoms with van der Waals surface area (Å²) in [5.74, 6) is -1.55. The summed E-state index contributed by atoms with van der Waals surface area (Å²) < 4.78 is 19.6. The second kappa shape index (κ2) is 7.35. The molecule has 1 amide bonds. The van der Waals surface area contributed by atoms with E-state index in [1.54, 1.807) is 6.92 Å². The number of amides is 1. The average molecular weight is 379 g/mol. The van der Waals surface area contributed by atoms with Gasteiger partial charge in [0.2, 0.25) is 5.91 Å². The summed E-state index contributed by atoms with van der Waals surface area (Å²) in [5, 5.41) is 3.38. The van der Waals surface area contributed by atoms with Crippen LogP contribution in [-0.4, -0.2) is 35.5 Å². The van der Waals surface area contributed by atoms with Crippen LogP contribution >= 0.6 is 11.6 Å². The fraction of sp³-hybridized carbons (Fsp3) is 0.412. The Bertz CT molecular complexity index is 851. The van der Waals surface area contributed by atoms with Crippen molar-refractivity contribution in [1.29, 1.82) is 0 Å². The third kappa shape index (κ3) is 3.13. The van der Waals surface area contributed by atoms with Crippen molar-refractivity contribution in [2.45, 2.75) is 38.3 Å². The molecule has 1 saturated heterocycles. The largest absolute Gasteiger partial charge is 0.464 e. The minimum atomic E-state index is -0.732. The van der Waals surface area contributed by atoms with Gasteiger partial charge in [-0.3, -0.25) is 4.79 Å². The second-order valence-electron chi connectivity index (χ2n) is 6.06. The van der Waals surface area contributed by atoms with Crippen molar-refractivity contribution in [3.63, 3.8) is 0 Å². The van der Waals surface area contributed by atoms with E-state index in [1.807, 2.05) is 0 Å². The summed E-state index contributed by atoms with van der Waals surface area (Å²) in [4.78, 5) is 28.9. The number of carbonyl (C=O) groups is 2. The number of esters is 1. The van der Waals surface area contributed by atoms with E-state index in [9.17, 15) is 14.0 Å². The first kappa shape index (κ1) is 18.2. The summed E-state index contributed by atoms with van der Waals surface area (Å²) in [5.41, 5.74) is 9.22. The molecule has 0 radical (unpaired) electrons. The molecule has 3 rings (SSSR count). The van der Waals surface area contributed by atoms with E-state index in [-0.39, 0.29) is 28.9 Å². The molecule has 0 N–H and O–H groups in total. The Labute approximate surface area is 154 Å². The maximum atomic E-state index is 14.6. The van der Waals surface area contributed by atoms with E-state index in [4.69, 9.17) is 21.9 Å². The van der Waals surface area contributed by atoms with Crippen molar-refractivity contribution in [2.75, 3.05) is 6.61 Å². The van der Waals surface area contributed by atoms with Crippen LogP contribution in [0.25, 0.3) is 16.0 Å². The zero-order valence-electron chi connectivity index (χ0n) is 14.0. The summed E-state index contributed by atoms with van der Waals surface area (Å²) in [7, 11) is 0. The van der Waals surface area contributed by atoms with Gasteiger partial charge in [-0.2, -0.15) is 0 Å². The van der Waals surface area contributed by atoms with E-state index in [0.29, 0.717) is 24.8 Å². The predicted octanol–water partition coefficient (Wildman–Crippen LogP) is 4.13. The minimum Gasteiger partial charge on any atom is -0.464 e. The number of carbonyl (C=O) groups excluding carboxylic acids is 2. The maximum Gasteiger partial charge on any atom is 0.328 e. The monoisotopic (exact) mass is 378 g/mol. The average Bonchev–Trinajstić information content (AvgIpc) is 3.03. The van der Waals surface area contributed by atoms with Crippen LogP contribution in [0.1, 0.15) is 31.7 Å². The van der Waals surface area contributed by atoms with Gasteiger partial charge < -0.3 is 9.64 Å². The van der Waals surface area contributed by atoms with Crippen molar-refractivity contribution in [3.8, 4) is 0 Å². The highest BCUT2D eigenvalue weighted by molar-refractivity contribution is 6.31. The molecule has 0 spiro atoms. The fourth-order valence-electron chi connectivity index (χ4n) is 3.57. The van der Waals surface area contributed by atoms with Gasteiger partial charge in [-0.1, -0.05) is 22.8 Å². The Hall–Kier alpha value is -2.57. The van der Waals surface area contributed by atoms with Crippen LogP contribution in [0.2, 0.25) is 5.02 Å². The van der Waals surface area contributed by atoms with Gasteiger partial charge in [-0.05, 0) is 43.4 Å². The van der Waals surface area contributed by atoms with Gasteiger partial charge in [-0.15, -0.1) is 0 Å². The topological polar surface area (TPSA) is 95.4 Å². The number of rotatable bonds is 4. The SMILES string of the molecule is CCOC(=O)[C@@H]1CCC2CC(c3c(N=[N+]=[N-])ccc(Cl)c3F)=CC(=O)N21. The fourth-order valence-corrected chi connectivity index (χ4v) is 3.73. The molecule has 2 heterocycles. The molecule has 1 unspecified atom stereocenters. The molecule has 0 saturated carbocycles. The highest BCUT2D eigenvalue weighted by atomic mass is 35.5. The van der Waals surface area contributed by atoms with E-state index in [2.05, 4.69) is 10.0 Å². The Kier molecular flexibility index (Phi) is 5.15. The quantitative estimate of drug-likeness (QED) is 0.341. The lowest BCUT2D eigenvalue weighted by Gasteiger charge is -2.33. The molecule has 2 atom stereocenters. The van der Waals surface area contributed by atoms with Gasteiger partial charge in [0.05, 0.1) is 11.6 Å². The van der Waals surface area contributed by atoms with Crippen molar-refractivity contribution in [1.82, 2.24) is 4.90 Å². The summed E-state index contributed by atoms with van der Waals surface area (Å²) >= 11 is 5.86. The molecule has 7 nitrogen and oxygen atoms in total. The van der Waals surface area contributed by atoms with E-state index < -0.39 is 23.7 Å². The number of hydrogen-bond acceptors (Lipinski definition) is 4. The molecule has 1 fully saturated rings. The lowest BCUT2D eigenvalue weighted by Crippen LogP contribution is -2.46. The molecule has 26 heavy (non-hydrogen) atoms. The minimum absolute atomic E-state index is 0.0304. The highest BCUT2D eigenvalue weighted by Crippen LogP contribution is 2.41. The van der Waals surface area contributed by atoms with E-state index >= 15 is 0 Å². The molecule has 136 valence electrons. The molecular formula is C17H16ClFN4O3. The highest BCUT2D eigenvalue weighted by Gasteiger charge is 2.43. The Morgan fingerprint density at radius 3 is 2.96 bits per heavy atom. The van der Waals surface area contributed by atoms with Gasteiger partial charge in [0.1, 0.15) is 11.9 Å². The number of azide groups is 1. The van der Waals surface area contributed by atoms with Gasteiger partial charge in [0, 0.05) is 28.3 Å². The molecule has 2 aliphatic rings. The lowest BCUT2D eigenvalue weighted by molar-refractivity contribution is -0.152. The number of nitrogens with zero attached hydrogens (tertiary/aromatic N) is 4. The van der Waals surface area contributed by atoms with Crippen LogP contribution in [0.15, 0.2) is 23.3 Å². The van der Waals surface area contributed by atoms with E-state index in [0.717, 1.165) is 0 Å². The smallest absolute Gasteiger partial charge is 0.328 e. The number of fused-ring (bicyclic) bond motifs is 1. The predicted molar refractivity (Wildman–Crippen MR) is 93.1 cm³/mol. The number of benzene rings is 1. The Morgan fingerprint density at radius 2 is 2.27 bits per heavy atom. The van der Waals surface area contributed by atoms with Crippen LogP contribution in [0.3, 0.4) is 0 Å². The van der Waals surface area contributed by atoms with Gasteiger partial charge in [0.25, 0.3) is 0 Å². The standard InChI is InChI=1S/C17H16ClFN4O3/c1-2-26-17(25)13-6-3-10-7-9(8-14(24)23(10)13)15-12(21-22-20)5-4-11(18)16(15)19/h4-5,8,10,13H,2-3,6-7H2,1H3/t10?,13-/m0/s1. The molecular weight excluding hydrogens is 363 g/mol. The normalized spacial score (nSPS) is 21.7. The van der Waals surface area contributed by atoms with Crippen LogP contribution in [0.4, 0.5) is 10.1 Å². The number of hydrogen-bond donors (Lipinski definition) is 0. The summed E-state index contributed by atoms with van der Waals surface area (Å²) in [6, 6.07) is 1.85. The lowest BCUT2D eigenvalue weighted by atomic mass is 9.92. The molecule has 0 bridgehead atoms. The maximum absolute atomic E-state index is 14.6. The number of ether oxygens (including phenoxy) is 1. The molecule has 0 aliphatic carbocycles. The number of halogens is 2.